The second-order valence-corrected chi connectivity index (χ2v) is 9.32. The summed E-state index contributed by atoms with van der Waals surface area (Å²) in [5, 5.41) is 12.5. The van der Waals surface area contributed by atoms with Gasteiger partial charge in [0.1, 0.15) is 11.0 Å². The number of aliphatic carboxylic acids is 1. The molecule has 0 aliphatic rings. The molecule has 1 aromatic heterocycles. The van der Waals surface area contributed by atoms with E-state index in [2.05, 4.69) is 8.75 Å². The smallest absolute Gasteiger partial charge is 0.545 e. The Kier molecular flexibility index (Phi) is 9.27. The average molecular weight is 512 g/mol. The molecule has 0 fully saturated rings. The van der Waals surface area contributed by atoms with Crippen LogP contribution in [0.4, 0.5) is 5.69 Å². The maximum Gasteiger partial charge on any atom is 1.00 e. The third-order valence-electron chi connectivity index (χ3n) is 5.48. The van der Waals surface area contributed by atoms with Gasteiger partial charge in [0.05, 0.1) is 17.7 Å². The number of hydrogen-bond acceptors (Lipinski definition) is 8. The first-order chi connectivity index (χ1) is 16.4. The summed E-state index contributed by atoms with van der Waals surface area (Å²) < 4.78 is 8.40. The van der Waals surface area contributed by atoms with E-state index in [4.69, 9.17) is 0 Å². The molecule has 0 bridgehead atoms. The molecule has 0 N–H and O–H groups in total. The molecule has 0 unspecified atom stereocenters. The molecule has 3 aromatic carbocycles. The number of hydrogen-bond donors (Lipinski definition) is 0. The van der Waals surface area contributed by atoms with Crippen LogP contribution in [0.5, 0.6) is 0 Å². The van der Waals surface area contributed by atoms with Crippen LogP contribution in [0, 0.1) is 0 Å². The molecule has 35 heavy (non-hydrogen) atoms. The van der Waals surface area contributed by atoms with Crippen molar-refractivity contribution < 1.29 is 44.3 Å². The minimum atomic E-state index is -1.41. The van der Waals surface area contributed by atoms with Gasteiger partial charge in [-0.3, -0.25) is 4.79 Å². The van der Waals surface area contributed by atoms with E-state index in [1.807, 2.05) is 61.6 Å². The molecule has 4 rings (SSSR count). The SMILES string of the molecule is CSc1ccc(C(=O)/C(Cc2cccc(N(C)C)c2)=C(/C(=O)[O-])c2ccc3nsnc3c2)cc1.[Na+]. The fourth-order valence-electron chi connectivity index (χ4n) is 3.70. The summed E-state index contributed by atoms with van der Waals surface area (Å²) in [4.78, 5) is 29.1. The Balaban J connectivity index is 0.00000342. The van der Waals surface area contributed by atoms with E-state index in [1.165, 1.54) is 0 Å². The van der Waals surface area contributed by atoms with Gasteiger partial charge in [-0.05, 0) is 65.9 Å². The predicted octanol–water partition coefficient (Wildman–Crippen LogP) is 1.11. The first-order valence-electron chi connectivity index (χ1n) is 10.5. The van der Waals surface area contributed by atoms with Gasteiger partial charge in [0, 0.05) is 47.8 Å². The molecule has 172 valence electrons. The Bertz CT molecular complexity index is 1400. The van der Waals surface area contributed by atoms with Gasteiger partial charge in [-0.1, -0.05) is 18.2 Å². The van der Waals surface area contributed by atoms with Crippen LogP contribution >= 0.6 is 23.5 Å². The van der Waals surface area contributed by atoms with Gasteiger partial charge in [-0.2, -0.15) is 8.75 Å². The van der Waals surface area contributed by atoms with E-state index in [0.717, 1.165) is 27.9 Å². The summed E-state index contributed by atoms with van der Waals surface area (Å²) >= 11 is 2.62. The van der Waals surface area contributed by atoms with Crippen LogP contribution in [0.25, 0.3) is 16.6 Å². The number of Topliss-reactive ketones (excluding diaryl/α,β-unsaturated/α-hetero) is 1. The van der Waals surface area contributed by atoms with E-state index in [0.29, 0.717) is 22.2 Å². The Morgan fingerprint density at radius 2 is 1.63 bits per heavy atom. The number of rotatable bonds is 8. The van der Waals surface area contributed by atoms with Crippen LogP contribution < -0.4 is 39.6 Å². The van der Waals surface area contributed by atoms with Crippen LogP contribution in [0.2, 0.25) is 0 Å². The summed E-state index contributed by atoms with van der Waals surface area (Å²) in [6.45, 7) is 0. The van der Waals surface area contributed by atoms with Crippen LogP contribution in [0.3, 0.4) is 0 Å². The quantitative estimate of drug-likeness (QED) is 0.152. The van der Waals surface area contributed by atoms with Gasteiger partial charge in [0.2, 0.25) is 0 Å². The fraction of sp³-hybridized carbons (Fsp3) is 0.154. The van der Waals surface area contributed by atoms with Crippen LogP contribution in [-0.2, 0) is 11.2 Å². The fourth-order valence-corrected chi connectivity index (χ4v) is 4.63. The zero-order valence-corrected chi connectivity index (χ0v) is 23.6. The Morgan fingerprint density at radius 1 is 0.943 bits per heavy atom. The number of fused-ring (bicyclic) bond motifs is 1. The van der Waals surface area contributed by atoms with Crippen molar-refractivity contribution in [2.45, 2.75) is 11.3 Å². The normalized spacial score (nSPS) is 11.5. The van der Waals surface area contributed by atoms with Crippen LogP contribution in [-0.4, -0.2) is 40.9 Å². The van der Waals surface area contributed by atoms with E-state index < -0.39 is 5.97 Å². The minimum absolute atomic E-state index is 0. The molecule has 0 radical (unpaired) electrons. The maximum absolute atomic E-state index is 13.7. The molecule has 0 atom stereocenters. The molecule has 1 heterocycles. The molecule has 6 nitrogen and oxygen atoms in total. The first kappa shape index (κ1) is 27.1. The van der Waals surface area contributed by atoms with Gasteiger partial charge in [0.15, 0.2) is 5.78 Å². The number of carboxylic acids is 1. The van der Waals surface area contributed by atoms with Crippen LogP contribution in [0.1, 0.15) is 21.5 Å². The van der Waals surface area contributed by atoms with Crippen LogP contribution in [0.15, 0.2) is 77.2 Å². The average Bonchev–Trinajstić information content (AvgIpc) is 3.31. The van der Waals surface area contributed by atoms with Gasteiger partial charge < -0.3 is 14.8 Å². The number of nitrogens with zero attached hydrogens (tertiary/aromatic N) is 3. The Morgan fingerprint density at radius 3 is 2.29 bits per heavy atom. The van der Waals surface area contributed by atoms with Gasteiger partial charge in [0.25, 0.3) is 0 Å². The third kappa shape index (κ3) is 6.20. The maximum atomic E-state index is 13.7. The molecule has 9 heteroatoms. The van der Waals surface area contributed by atoms with Crippen molar-refractivity contribution in [3.8, 4) is 0 Å². The van der Waals surface area contributed by atoms with Crippen molar-refractivity contribution in [2.75, 3.05) is 25.3 Å². The van der Waals surface area contributed by atoms with Crippen molar-refractivity contribution in [2.24, 2.45) is 0 Å². The number of thioether (sulfide) groups is 1. The summed E-state index contributed by atoms with van der Waals surface area (Å²) in [5.41, 5.74) is 3.85. The van der Waals surface area contributed by atoms with Crippen molar-refractivity contribution in [3.05, 3.63) is 89.0 Å². The minimum Gasteiger partial charge on any atom is -0.545 e. The summed E-state index contributed by atoms with van der Waals surface area (Å²) in [6, 6.07) is 19.8. The number of carbonyl (C=O) groups excluding carboxylic acids is 2. The molecule has 4 aromatic rings. The van der Waals surface area contributed by atoms with Crippen molar-refractivity contribution in [3.63, 3.8) is 0 Å². The van der Waals surface area contributed by atoms with Gasteiger partial charge >= 0.3 is 29.6 Å². The summed E-state index contributed by atoms with van der Waals surface area (Å²) in [6.07, 6.45) is 2.10. The Hall–Kier alpha value is -2.49. The van der Waals surface area contributed by atoms with Gasteiger partial charge in [-0.15, -0.1) is 11.8 Å². The molecular formula is C26H22N3NaO3S2. The first-order valence-corrected chi connectivity index (χ1v) is 12.4. The van der Waals surface area contributed by atoms with Crippen molar-refractivity contribution >= 4 is 57.5 Å². The molecule has 0 saturated heterocycles. The topological polar surface area (TPSA) is 86.2 Å². The zero-order valence-electron chi connectivity index (χ0n) is 19.9. The Labute approximate surface area is 234 Å². The van der Waals surface area contributed by atoms with Crippen molar-refractivity contribution in [1.82, 2.24) is 8.75 Å². The van der Waals surface area contributed by atoms with E-state index in [1.54, 1.807) is 42.1 Å². The summed E-state index contributed by atoms with van der Waals surface area (Å²) in [5.74, 6) is -1.76. The number of benzene rings is 3. The third-order valence-corrected chi connectivity index (χ3v) is 6.78. The standard InChI is InChI=1S/C26H23N3O3S2.Na/c1-29(2)19-6-4-5-16(13-19)14-21(25(30)17-7-10-20(33-3)11-8-17)24(26(31)32)18-9-12-22-23(15-18)28-34-27-22;/h4-13,15H,14H2,1-3H3,(H,31,32);/q;+1/p-1/b24-21+;. The number of carbonyl (C=O) groups is 2. The number of allylic oxidation sites excluding steroid dienone is 1. The molecule has 0 aliphatic carbocycles. The molecule has 0 amide bonds. The summed E-state index contributed by atoms with van der Waals surface area (Å²) in [7, 11) is 3.86. The molecule has 0 aliphatic heterocycles. The molecule has 0 saturated carbocycles. The largest absolute Gasteiger partial charge is 1.00 e. The van der Waals surface area contributed by atoms with Gasteiger partial charge in [-0.25, -0.2) is 0 Å². The van der Waals surface area contributed by atoms with E-state index >= 15 is 0 Å². The number of anilines is 1. The van der Waals surface area contributed by atoms with Crippen molar-refractivity contribution in [1.29, 1.82) is 0 Å². The number of ketones is 1. The zero-order chi connectivity index (χ0) is 24.2. The monoisotopic (exact) mass is 511 g/mol. The molecular weight excluding hydrogens is 489 g/mol. The number of carboxylic acid groups (broad SMARTS) is 1. The second-order valence-electron chi connectivity index (χ2n) is 7.91. The van der Waals surface area contributed by atoms with E-state index in [-0.39, 0.29) is 52.9 Å². The van der Waals surface area contributed by atoms with E-state index in [9.17, 15) is 14.7 Å². The second kappa shape index (κ2) is 12.0. The predicted molar refractivity (Wildman–Crippen MR) is 136 cm³/mol. The molecule has 0 spiro atoms. The number of aromatic nitrogens is 2.